The van der Waals surface area contributed by atoms with Gasteiger partial charge >= 0.3 is 0 Å². The molecule has 3 rings (SSSR count). The number of thioether (sulfide) groups is 1. The molecule has 1 saturated carbocycles. The van der Waals surface area contributed by atoms with Crippen molar-refractivity contribution in [2.24, 2.45) is 4.99 Å². The molecule has 2 fully saturated rings. The molecule has 0 bridgehead atoms. The number of amides is 1. The summed E-state index contributed by atoms with van der Waals surface area (Å²) < 4.78 is 0. The van der Waals surface area contributed by atoms with Crippen molar-refractivity contribution in [3.05, 3.63) is 39.8 Å². The molecule has 1 heterocycles. The van der Waals surface area contributed by atoms with Gasteiger partial charge in [0.05, 0.1) is 10.9 Å². The predicted molar refractivity (Wildman–Crippen MR) is 84.9 cm³/mol. The van der Waals surface area contributed by atoms with Crippen LogP contribution in [0.25, 0.3) is 6.08 Å². The van der Waals surface area contributed by atoms with Gasteiger partial charge in [0.2, 0.25) is 0 Å². The highest BCUT2D eigenvalue weighted by Gasteiger charge is 2.25. The number of hydrogen-bond donors (Lipinski definition) is 1. The van der Waals surface area contributed by atoms with Crippen molar-refractivity contribution in [1.29, 1.82) is 0 Å². The summed E-state index contributed by atoms with van der Waals surface area (Å²) in [6, 6.07) is 7.82. The Morgan fingerprint density at radius 3 is 2.65 bits per heavy atom. The average molecular weight is 307 g/mol. The van der Waals surface area contributed by atoms with Crippen LogP contribution < -0.4 is 5.32 Å². The van der Waals surface area contributed by atoms with Crippen LogP contribution in [0.1, 0.15) is 31.2 Å². The van der Waals surface area contributed by atoms with Gasteiger partial charge in [-0.15, -0.1) is 0 Å². The monoisotopic (exact) mass is 306 g/mol. The van der Waals surface area contributed by atoms with Crippen molar-refractivity contribution in [2.75, 3.05) is 0 Å². The van der Waals surface area contributed by atoms with Gasteiger partial charge in [-0.05, 0) is 48.4 Å². The lowest BCUT2D eigenvalue weighted by Gasteiger charge is -2.02. The van der Waals surface area contributed by atoms with E-state index in [1.54, 1.807) is 0 Å². The van der Waals surface area contributed by atoms with Gasteiger partial charge in [-0.3, -0.25) is 9.79 Å². The van der Waals surface area contributed by atoms with Gasteiger partial charge in [0.15, 0.2) is 5.17 Å². The molecule has 0 aromatic heterocycles. The largest absolute Gasteiger partial charge is 0.301 e. The van der Waals surface area contributed by atoms with E-state index in [1.165, 1.54) is 24.6 Å². The first-order chi connectivity index (χ1) is 9.70. The van der Waals surface area contributed by atoms with E-state index in [0.717, 1.165) is 23.6 Å². The van der Waals surface area contributed by atoms with E-state index in [-0.39, 0.29) is 5.91 Å². The number of rotatable bonds is 2. The van der Waals surface area contributed by atoms with E-state index in [2.05, 4.69) is 10.3 Å². The van der Waals surface area contributed by atoms with Crippen LogP contribution in [0.5, 0.6) is 0 Å². The molecule has 1 aromatic carbocycles. The summed E-state index contributed by atoms with van der Waals surface area (Å²) in [6.07, 6.45) is 6.63. The van der Waals surface area contributed by atoms with Crippen LogP contribution in [0, 0.1) is 0 Å². The summed E-state index contributed by atoms with van der Waals surface area (Å²) in [6.45, 7) is 0. The first kappa shape index (κ1) is 13.7. The van der Waals surface area contributed by atoms with Crippen LogP contribution in [0.3, 0.4) is 0 Å². The van der Waals surface area contributed by atoms with Crippen molar-refractivity contribution in [1.82, 2.24) is 5.32 Å². The van der Waals surface area contributed by atoms with Crippen molar-refractivity contribution in [2.45, 2.75) is 31.7 Å². The van der Waals surface area contributed by atoms with Crippen molar-refractivity contribution < 1.29 is 4.79 Å². The van der Waals surface area contributed by atoms with Crippen LogP contribution in [-0.4, -0.2) is 17.1 Å². The summed E-state index contributed by atoms with van der Waals surface area (Å²) in [5.41, 5.74) is 0.967. The highest BCUT2D eigenvalue weighted by atomic mass is 35.5. The molecular formula is C15H15ClN2OS. The molecule has 5 heteroatoms. The van der Waals surface area contributed by atoms with Crippen LogP contribution in [0.2, 0.25) is 5.02 Å². The number of nitrogens with one attached hydrogen (secondary N) is 1. The maximum atomic E-state index is 11.9. The Labute approximate surface area is 127 Å². The van der Waals surface area contributed by atoms with E-state index < -0.39 is 0 Å². The molecule has 1 aliphatic carbocycles. The predicted octanol–water partition coefficient (Wildman–Crippen LogP) is 3.84. The van der Waals surface area contributed by atoms with Crippen molar-refractivity contribution >= 4 is 40.5 Å². The Morgan fingerprint density at radius 1 is 1.25 bits per heavy atom. The third-order valence-corrected chi connectivity index (χ3v) is 4.62. The van der Waals surface area contributed by atoms with Crippen molar-refractivity contribution in [3.8, 4) is 0 Å². The standard InChI is InChI=1S/C15H15ClN2OS/c16-11-7-5-10(6-8-11)9-13-14(19)18-15(20-13)17-12-3-1-2-4-12/h5-9,12H,1-4H2,(H,17,18,19). The summed E-state index contributed by atoms with van der Waals surface area (Å²) in [5.74, 6) is -0.0679. The molecule has 0 spiro atoms. The van der Waals surface area contributed by atoms with E-state index in [9.17, 15) is 4.79 Å². The average Bonchev–Trinajstić information content (AvgIpc) is 3.04. The molecule has 3 nitrogen and oxygen atoms in total. The molecule has 0 atom stereocenters. The molecule has 1 amide bonds. The Hall–Kier alpha value is -1.26. The number of nitrogens with zero attached hydrogens (tertiary/aromatic N) is 1. The molecule has 1 aromatic rings. The van der Waals surface area contributed by atoms with Crippen LogP contribution in [-0.2, 0) is 4.79 Å². The summed E-state index contributed by atoms with van der Waals surface area (Å²) >= 11 is 7.27. The fourth-order valence-electron chi connectivity index (χ4n) is 2.40. The number of halogens is 1. The Kier molecular flexibility index (Phi) is 4.13. The van der Waals surface area contributed by atoms with Gasteiger partial charge in [0, 0.05) is 5.02 Å². The fraction of sp³-hybridized carbons (Fsp3) is 0.333. The smallest absolute Gasteiger partial charge is 0.264 e. The van der Waals surface area contributed by atoms with Gasteiger partial charge in [0.25, 0.3) is 5.91 Å². The highest BCUT2D eigenvalue weighted by molar-refractivity contribution is 8.18. The molecule has 1 N–H and O–H groups in total. The molecule has 0 radical (unpaired) electrons. The van der Waals surface area contributed by atoms with Crippen LogP contribution in [0.15, 0.2) is 34.2 Å². The Morgan fingerprint density at radius 2 is 1.95 bits per heavy atom. The minimum atomic E-state index is -0.0679. The Bertz CT molecular complexity index is 574. The van der Waals surface area contributed by atoms with Crippen molar-refractivity contribution in [3.63, 3.8) is 0 Å². The molecule has 1 aliphatic heterocycles. The summed E-state index contributed by atoms with van der Waals surface area (Å²) in [4.78, 5) is 17.2. The summed E-state index contributed by atoms with van der Waals surface area (Å²) in [7, 11) is 0. The first-order valence-electron chi connectivity index (χ1n) is 6.75. The quantitative estimate of drug-likeness (QED) is 0.843. The zero-order chi connectivity index (χ0) is 13.9. The van der Waals surface area contributed by atoms with E-state index in [1.807, 2.05) is 30.3 Å². The molecular weight excluding hydrogens is 292 g/mol. The third-order valence-electron chi connectivity index (χ3n) is 3.44. The first-order valence-corrected chi connectivity index (χ1v) is 7.94. The number of hydrogen-bond acceptors (Lipinski definition) is 3. The maximum Gasteiger partial charge on any atom is 0.264 e. The number of benzene rings is 1. The van der Waals surface area contributed by atoms with E-state index >= 15 is 0 Å². The zero-order valence-electron chi connectivity index (χ0n) is 10.9. The normalized spacial score (nSPS) is 23.8. The summed E-state index contributed by atoms with van der Waals surface area (Å²) in [5, 5.41) is 4.27. The molecule has 104 valence electrons. The van der Waals surface area contributed by atoms with Gasteiger partial charge in [0.1, 0.15) is 0 Å². The molecule has 0 unspecified atom stereocenters. The second-order valence-corrected chi connectivity index (χ2v) is 6.46. The maximum absolute atomic E-state index is 11.9. The minimum absolute atomic E-state index is 0.0679. The highest BCUT2D eigenvalue weighted by Crippen LogP contribution is 2.29. The SMILES string of the molecule is O=C1NC(=NC2CCCC2)SC1=Cc1ccc(Cl)cc1. The Balaban J connectivity index is 1.74. The lowest BCUT2D eigenvalue weighted by molar-refractivity contribution is -0.115. The van der Waals surface area contributed by atoms with Gasteiger partial charge in [-0.2, -0.15) is 0 Å². The zero-order valence-corrected chi connectivity index (χ0v) is 12.5. The lowest BCUT2D eigenvalue weighted by atomic mass is 10.2. The second kappa shape index (κ2) is 6.02. The molecule has 1 saturated heterocycles. The number of amidine groups is 1. The van der Waals surface area contributed by atoms with E-state index in [0.29, 0.717) is 16.0 Å². The van der Waals surface area contributed by atoms with Crippen LogP contribution in [0.4, 0.5) is 0 Å². The number of carbonyl (C=O) groups excluding carboxylic acids is 1. The third kappa shape index (κ3) is 3.25. The topological polar surface area (TPSA) is 41.5 Å². The minimum Gasteiger partial charge on any atom is -0.301 e. The lowest BCUT2D eigenvalue weighted by Crippen LogP contribution is -2.21. The van der Waals surface area contributed by atoms with Crippen LogP contribution >= 0.6 is 23.4 Å². The molecule has 2 aliphatic rings. The number of carbonyl (C=O) groups is 1. The number of aliphatic imine (C=N–C) groups is 1. The van der Waals surface area contributed by atoms with Gasteiger partial charge in [-0.25, -0.2) is 0 Å². The van der Waals surface area contributed by atoms with E-state index in [4.69, 9.17) is 11.6 Å². The molecule has 20 heavy (non-hydrogen) atoms. The fourth-order valence-corrected chi connectivity index (χ4v) is 3.42. The van der Waals surface area contributed by atoms with Gasteiger partial charge in [-0.1, -0.05) is 36.6 Å². The second-order valence-electron chi connectivity index (χ2n) is 4.99. The van der Waals surface area contributed by atoms with Gasteiger partial charge < -0.3 is 5.32 Å².